The minimum absolute atomic E-state index is 0.500. The number of fused-ring (bicyclic) bond motifs is 1. The number of hydrogen-bond acceptors (Lipinski definition) is 2. The minimum Gasteiger partial charge on any atom is -0.387 e. The van der Waals surface area contributed by atoms with Gasteiger partial charge in [-0.3, -0.25) is 0 Å². The van der Waals surface area contributed by atoms with Gasteiger partial charge in [0, 0.05) is 13.1 Å². The fourth-order valence-corrected chi connectivity index (χ4v) is 2.60. The van der Waals surface area contributed by atoms with Crippen LogP contribution in [0.5, 0.6) is 0 Å². The van der Waals surface area contributed by atoms with Crippen LogP contribution in [0, 0.1) is 0 Å². The van der Waals surface area contributed by atoms with Crippen LogP contribution in [-0.2, 0) is 6.54 Å². The van der Waals surface area contributed by atoms with Gasteiger partial charge < -0.3 is 10.4 Å². The van der Waals surface area contributed by atoms with Gasteiger partial charge in [-0.25, -0.2) is 0 Å². The monoisotopic (exact) mass is 277 g/mol. The van der Waals surface area contributed by atoms with Gasteiger partial charge in [-0.1, -0.05) is 72.8 Å². The number of aliphatic hydroxyl groups excluding tert-OH is 1. The molecule has 0 radical (unpaired) electrons. The van der Waals surface area contributed by atoms with Gasteiger partial charge in [0.15, 0.2) is 0 Å². The third kappa shape index (κ3) is 3.30. The smallest absolute Gasteiger partial charge is 0.0920 e. The molecule has 0 aliphatic heterocycles. The van der Waals surface area contributed by atoms with Gasteiger partial charge in [0.2, 0.25) is 0 Å². The lowest BCUT2D eigenvalue weighted by molar-refractivity contribution is 0.176. The van der Waals surface area contributed by atoms with Gasteiger partial charge in [-0.05, 0) is 21.9 Å². The van der Waals surface area contributed by atoms with Crippen molar-refractivity contribution in [2.24, 2.45) is 0 Å². The van der Waals surface area contributed by atoms with Gasteiger partial charge in [0.25, 0.3) is 0 Å². The van der Waals surface area contributed by atoms with Crippen molar-refractivity contribution >= 4 is 10.8 Å². The zero-order valence-corrected chi connectivity index (χ0v) is 11.9. The molecule has 0 amide bonds. The summed E-state index contributed by atoms with van der Waals surface area (Å²) in [6.45, 7) is 1.31. The van der Waals surface area contributed by atoms with Crippen LogP contribution in [0.3, 0.4) is 0 Å². The lowest BCUT2D eigenvalue weighted by Gasteiger charge is -2.14. The Hall–Kier alpha value is -2.16. The topological polar surface area (TPSA) is 32.3 Å². The average molecular weight is 277 g/mol. The molecule has 2 nitrogen and oxygen atoms in total. The van der Waals surface area contributed by atoms with Crippen molar-refractivity contribution in [3.63, 3.8) is 0 Å². The van der Waals surface area contributed by atoms with E-state index in [0.717, 1.165) is 22.9 Å². The Morgan fingerprint density at radius 3 is 2.38 bits per heavy atom. The molecule has 0 aliphatic carbocycles. The molecular weight excluding hydrogens is 258 g/mol. The van der Waals surface area contributed by atoms with Crippen molar-refractivity contribution in [2.75, 3.05) is 6.54 Å². The predicted molar refractivity (Wildman–Crippen MR) is 87.1 cm³/mol. The SMILES string of the molecule is O[C@@H](CNCc1ccccc1)c1cccc2ccccc12. The molecule has 3 rings (SSSR count). The molecule has 0 heterocycles. The Labute approximate surface area is 125 Å². The van der Waals surface area contributed by atoms with E-state index in [9.17, 15) is 5.11 Å². The van der Waals surface area contributed by atoms with Gasteiger partial charge in [0.05, 0.1) is 6.10 Å². The molecule has 0 unspecified atom stereocenters. The van der Waals surface area contributed by atoms with E-state index in [4.69, 9.17) is 0 Å². The molecule has 0 aliphatic rings. The molecular formula is C19H19NO. The Kier molecular flexibility index (Phi) is 4.29. The van der Waals surface area contributed by atoms with Gasteiger partial charge >= 0.3 is 0 Å². The highest BCUT2D eigenvalue weighted by atomic mass is 16.3. The molecule has 0 fully saturated rings. The van der Waals surface area contributed by atoms with E-state index < -0.39 is 6.10 Å². The molecule has 0 aromatic heterocycles. The largest absolute Gasteiger partial charge is 0.387 e. The maximum Gasteiger partial charge on any atom is 0.0920 e. The molecule has 0 saturated heterocycles. The lowest BCUT2D eigenvalue weighted by Crippen LogP contribution is -2.21. The Bertz CT molecular complexity index is 704. The van der Waals surface area contributed by atoms with Crippen molar-refractivity contribution < 1.29 is 5.11 Å². The van der Waals surface area contributed by atoms with Gasteiger partial charge in [-0.2, -0.15) is 0 Å². The number of benzene rings is 3. The van der Waals surface area contributed by atoms with E-state index in [1.165, 1.54) is 5.56 Å². The molecule has 2 heteroatoms. The highest BCUT2D eigenvalue weighted by molar-refractivity contribution is 5.85. The van der Waals surface area contributed by atoms with Crippen LogP contribution in [0.15, 0.2) is 72.8 Å². The maximum absolute atomic E-state index is 10.4. The Balaban J connectivity index is 1.68. The van der Waals surface area contributed by atoms with E-state index in [0.29, 0.717) is 6.54 Å². The molecule has 0 saturated carbocycles. The van der Waals surface area contributed by atoms with Crippen molar-refractivity contribution in [1.29, 1.82) is 0 Å². The predicted octanol–water partition coefficient (Wildman–Crippen LogP) is 3.66. The third-order valence-corrected chi connectivity index (χ3v) is 3.69. The average Bonchev–Trinajstić information content (AvgIpc) is 2.55. The van der Waals surface area contributed by atoms with E-state index in [1.54, 1.807) is 0 Å². The standard InChI is InChI=1S/C19H19NO/c21-19(14-20-13-15-7-2-1-3-8-15)18-12-6-10-16-9-4-5-11-17(16)18/h1-12,19-21H,13-14H2/t19-/m0/s1. The summed E-state index contributed by atoms with van der Waals surface area (Å²) in [6, 6.07) is 24.5. The summed E-state index contributed by atoms with van der Waals surface area (Å²) in [5.74, 6) is 0. The molecule has 0 bridgehead atoms. The molecule has 1 atom stereocenters. The minimum atomic E-state index is -0.500. The Morgan fingerprint density at radius 1 is 0.810 bits per heavy atom. The molecule has 21 heavy (non-hydrogen) atoms. The molecule has 3 aromatic rings. The van der Waals surface area contributed by atoms with Crippen LogP contribution in [0.4, 0.5) is 0 Å². The van der Waals surface area contributed by atoms with E-state index >= 15 is 0 Å². The number of nitrogens with one attached hydrogen (secondary N) is 1. The van der Waals surface area contributed by atoms with Gasteiger partial charge in [0.1, 0.15) is 0 Å². The first kappa shape index (κ1) is 13.8. The van der Waals surface area contributed by atoms with Crippen molar-refractivity contribution in [3.05, 3.63) is 83.9 Å². The summed E-state index contributed by atoms with van der Waals surface area (Å²) in [5.41, 5.74) is 2.20. The second kappa shape index (κ2) is 6.53. The van der Waals surface area contributed by atoms with Crippen LogP contribution in [-0.4, -0.2) is 11.7 Å². The van der Waals surface area contributed by atoms with Crippen LogP contribution < -0.4 is 5.32 Å². The third-order valence-electron chi connectivity index (χ3n) is 3.69. The summed E-state index contributed by atoms with van der Waals surface area (Å²) in [5, 5.41) is 16.0. The van der Waals surface area contributed by atoms with E-state index in [1.807, 2.05) is 42.5 Å². The van der Waals surface area contributed by atoms with E-state index in [-0.39, 0.29) is 0 Å². The molecule has 3 aromatic carbocycles. The van der Waals surface area contributed by atoms with Gasteiger partial charge in [-0.15, -0.1) is 0 Å². The summed E-state index contributed by atoms with van der Waals surface area (Å²) < 4.78 is 0. The fraction of sp³-hybridized carbons (Fsp3) is 0.158. The van der Waals surface area contributed by atoms with E-state index in [2.05, 4.69) is 35.6 Å². The van der Waals surface area contributed by atoms with Crippen molar-refractivity contribution in [1.82, 2.24) is 5.32 Å². The highest BCUT2D eigenvalue weighted by Crippen LogP contribution is 2.23. The number of rotatable bonds is 5. The Morgan fingerprint density at radius 2 is 1.52 bits per heavy atom. The van der Waals surface area contributed by atoms with Crippen LogP contribution >= 0.6 is 0 Å². The molecule has 2 N–H and O–H groups in total. The first-order chi connectivity index (χ1) is 10.3. The van der Waals surface area contributed by atoms with Crippen molar-refractivity contribution in [2.45, 2.75) is 12.6 Å². The maximum atomic E-state index is 10.4. The first-order valence-electron chi connectivity index (χ1n) is 7.25. The lowest BCUT2D eigenvalue weighted by atomic mass is 10.0. The second-order valence-corrected chi connectivity index (χ2v) is 5.20. The second-order valence-electron chi connectivity index (χ2n) is 5.20. The molecule has 106 valence electrons. The number of aliphatic hydroxyl groups is 1. The molecule has 0 spiro atoms. The van der Waals surface area contributed by atoms with Crippen LogP contribution in [0.25, 0.3) is 10.8 Å². The first-order valence-corrected chi connectivity index (χ1v) is 7.25. The summed E-state index contributed by atoms with van der Waals surface area (Å²) in [4.78, 5) is 0. The zero-order valence-electron chi connectivity index (χ0n) is 11.9. The highest BCUT2D eigenvalue weighted by Gasteiger charge is 2.10. The summed E-state index contributed by atoms with van der Waals surface area (Å²) in [7, 11) is 0. The number of hydrogen-bond donors (Lipinski definition) is 2. The fourth-order valence-electron chi connectivity index (χ4n) is 2.60. The quantitative estimate of drug-likeness (QED) is 0.746. The zero-order chi connectivity index (χ0) is 14.5. The van der Waals surface area contributed by atoms with Crippen LogP contribution in [0.1, 0.15) is 17.2 Å². The van der Waals surface area contributed by atoms with Crippen molar-refractivity contribution in [3.8, 4) is 0 Å². The van der Waals surface area contributed by atoms with Crippen LogP contribution in [0.2, 0.25) is 0 Å². The normalized spacial score (nSPS) is 12.4. The summed E-state index contributed by atoms with van der Waals surface area (Å²) >= 11 is 0. The summed E-state index contributed by atoms with van der Waals surface area (Å²) in [6.07, 6.45) is -0.500.